The van der Waals surface area contributed by atoms with Crippen LogP contribution in [0.1, 0.15) is 0 Å². The van der Waals surface area contributed by atoms with Gasteiger partial charge in [-0.1, -0.05) is 24.3 Å². The zero-order chi connectivity index (χ0) is 13.7. The minimum atomic E-state index is -0.462. The fourth-order valence-electron chi connectivity index (χ4n) is 2.47. The average Bonchev–Trinajstić information content (AvgIpc) is 2.48. The summed E-state index contributed by atoms with van der Waals surface area (Å²) in [6.07, 6.45) is 0. The van der Waals surface area contributed by atoms with Gasteiger partial charge in [0.2, 0.25) is 10.9 Å². The lowest BCUT2D eigenvalue weighted by Gasteiger charge is -2.05. The van der Waals surface area contributed by atoms with Gasteiger partial charge < -0.3 is 4.98 Å². The highest BCUT2D eigenvalue weighted by atomic mass is 32.1. The Bertz CT molecular complexity index is 1090. The fraction of sp³-hybridized carbons (Fsp3) is 0. The first-order valence-electron chi connectivity index (χ1n) is 6.22. The van der Waals surface area contributed by atoms with Crippen LogP contribution in [0.5, 0.6) is 0 Å². The van der Waals surface area contributed by atoms with Crippen molar-refractivity contribution in [1.29, 1.82) is 0 Å². The van der Waals surface area contributed by atoms with Crippen LogP contribution in [0.15, 0.2) is 58.1 Å². The molecule has 0 aliphatic rings. The number of aromatic nitrogens is 1. The molecule has 0 unspecified atom stereocenters. The Morgan fingerprint density at radius 3 is 2.55 bits per heavy atom. The minimum Gasteiger partial charge on any atom is -0.353 e. The van der Waals surface area contributed by atoms with Gasteiger partial charge in [0, 0.05) is 0 Å². The second-order valence-electron chi connectivity index (χ2n) is 4.65. The zero-order valence-electron chi connectivity index (χ0n) is 10.3. The Balaban J connectivity index is 2.35. The van der Waals surface area contributed by atoms with Gasteiger partial charge in [0.1, 0.15) is 0 Å². The van der Waals surface area contributed by atoms with Gasteiger partial charge in [-0.2, -0.15) is 0 Å². The molecule has 0 amide bonds. The van der Waals surface area contributed by atoms with Crippen LogP contribution >= 0.6 is 11.3 Å². The molecule has 20 heavy (non-hydrogen) atoms. The Hall–Kier alpha value is -2.46. The molecule has 0 radical (unpaired) electrons. The third kappa shape index (κ3) is 1.52. The maximum Gasteiger partial charge on any atom is 0.235 e. The Morgan fingerprint density at radius 2 is 1.65 bits per heavy atom. The molecule has 0 aliphatic heterocycles. The van der Waals surface area contributed by atoms with Gasteiger partial charge in [-0.3, -0.25) is 9.59 Å². The van der Waals surface area contributed by atoms with Gasteiger partial charge in [0.15, 0.2) is 0 Å². The van der Waals surface area contributed by atoms with E-state index < -0.39 is 10.9 Å². The molecule has 4 rings (SSSR count). The molecule has 4 aromatic rings. The summed E-state index contributed by atoms with van der Waals surface area (Å²) in [7, 11) is 0. The van der Waals surface area contributed by atoms with Gasteiger partial charge >= 0.3 is 0 Å². The molecule has 0 spiro atoms. The number of benzene rings is 3. The van der Waals surface area contributed by atoms with E-state index in [1.165, 1.54) is 6.07 Å². The smallest absolute Gasteiger partial charge is 0.235 e. The summed E-state index contributed by atoms with van der Waals surface area (Å²) in [5.74, 6) is 0. The van der Waals surface area contributed by atoms with Crippen LogP contribution in [-0.4, -0.2) is 4.98 Å². The van der Waals surface area contributed by atoms with Crippen molar-refractivity contribution in [1.82, 2.24) is 4.98 Å². The first kappa shape index (κ1) is 11.4. The standard InChI is InChI=1S/C16H9NO2S/c18-11-7-5-9-6-8-13-15(14(9)16(11)19)17-10-3-1-2-4-12(10)20-13/h1-8,17H. The maximum atomic E-state index is 12.2. The van der Waals surface area contributed by atoms with E-state index in [4.69, 9.17) is 0 Å². The van der Waals surface area contributed by atoms with Crippen LogP contribution in [0.3, 0.4) is 0 Å². The zero-order valence-corrected chi connectivity index (χ0v) is 11.2. The highest BCUT2D eigenvalue weighted by molar-refractivity contribution is 7.24. The van der Waals surface area contributed by atoms with Gasteiger partial charge in [0.05, 0.1) is 25.8 Å². The topological polar surface area (TPSA) is 49.9 Å². The predicted molar refractivity (Wildman–Crippen MR) is 83.7 cm³/mol. The van der Waals surface area contributed by atoms with Crippen LogP contribution < -0.4 is 10.9 Å². The Kier molecular flexibility index (Phi) is 2.28. The molecule has 0 saturated carbocycles. The third-order valence-corrected chi connectivity index (χ3v) is 4.57. The summed E-state index contributed by atoms with van der Waals surface area (Å²) in [4.78, 5) is 27.1. The van der Waals surface area contributed by atoms with Crippen LogP contribution in [0, 0.1) is 0 Å². The average molecular weight is 279 g/mol. The highest BCUT2D eigenvalue weighted by Crippen LogP contribution is 2.28. The largest absolute Gasteiger partial charge is 0.353 e. The summed E-state index contributed by atoms with van der Waals surface area (Å²) in [6.45, 7) is 0. The first-order chi connectivity index (χ1) is 9.74. The molecule has 1 N–H and O–H groups in total. The van der Waals surface area contributed by atoms with Crippen molar-refractivity contribution >= 4 is 42.5 Å². The number of hydrogen-bond donors (Lipinski definition) is 1. The molecule has 4 heteroatoms. The lowest BCUT2D eigenvalue weighted by Crippen LogP contribution is -2.22. The predicted octanol–water partition coefficient (Wildman–Crippen LogP) is 3.26. The number of H-pyrrole nitrogens is 1. The normalized spacial score (nSPS) is 11.4. The maximum absolute atomic E-state index is 12.2. The molecule has 1 heterocycles. The quantitative estimate of drug-likeness (QED) is 0.305. The van der Waals surface area contributed by atoms with Crippen molar-refractivity contribution in [2.75, 3.05) is 0 Å². The molecule has 0 atom stereocenters. The number of fused-ring (bicyclic) bond motifs is 4. The fourth-order valence-corrected chi connectivity index (χ4v) is 3.47. The summed E-state index contributed by atoms with van der Waals surface area (Å²) < 4.78 is 2.09. The lowest BCUT2D eigenvalue weighted by molar-refractivity contribution is 1.50. The van der Waals surface area contributed by atoms with E-state index >= 15 is 0 Å². The molecule has 0 aliphatic carbocycles. The van der Waals surface area contributed by atoms with E-state index in [2.05, 4.69) is 4.98 Å². The molecule has 0 bridgehead atoms. The van der Waals surface area contributed by atoms with E-state index in [0.29, 0.717) is 5.39 Å². The van der Waals surface area contributed by atoms with Crippen molar-refractivity contribution in [3.05, 3.63) is 69.0 Å². The summed E-state index contributed by atoms with van der Waals surface area (Å²) >= 11 is 1.61. The molecule has 1 aromatic heterocycles. The molecule has 0 saturated heterocycles. The number of rotatable bonds is 0. The molecule has 3 aromatic carbocycles. The van der Waals surface area contributed by atoms with E-state index in [0.717, 1.165) is 25.8 Å². The summed E-state index contributed by atoms with van der Waals surface area (Å²) in [5.41, 5.74) is 0.811. The monoisotopic (exact) mass is 279 g/mol. The van der Waals surface area contributed by atoms with Crippen LogP contribution in [0.4, 0.5) is 0 Å². The van der Waals surface area contributed by atoms with Crippen molar-refractivity contribution in [3.8, 4) is 0 Å². The minimum absolute atomic E-state index is 0.438. The van der Waals surface area contributed by atoms with E-state index in [1.54, 1.807) is 17.4 Å². The Morgan fingerprint density at radius 1 is 0.850 bits per heavy atom. The van der Waals surface area contributed by atoms with Gasteiger partial charge in [0.25, 0.3) is 0 Å². The lowest BCUT2D eigenvalue weighted by atomic mass is 10.1. The van der Waals surface area contributed by atoms with E-state index in [9.17, 15) is 9.59 Å². The number of aromatic amines is 1. The second kappa shape index (κ2) is 4.02. The number of hydrogen-bond acceptors (Lipinski definition) is 3. The van der Waals surface area contributed by atoms with E-state index in [1.807, 2.05) is 36.4 Å². The van der Waals surface area contributed by atoms with Gasteiger partial charge in [-0.05, 0) is 29.7 Å². The third-order valence-electron chi connectivity index (χ3n) is 3.43. The van der Waals surface area contributed by atoms with E-state index in [-0.39, 0.29) is 0 Å². The van der Waals surface area contributed by atoms with Crippen LogP contribution in [-0.2, 0) is 0 Å². The molecular formula is C16H9NO2S. The number of para-hydroxylation sites is 1. The molecule has 3 nitrogen and oxygen atoms in total. The molecule has 0 fully saturated rings. The molecule has 96 valence electrons. The second-order valence-corrected chi connectivity index (χ2v) is 5.74. The number of nitrogens with one attached hydrogen (secondary N) is 1. The van der Waals surface area contributed by atoms with Crippen LogP contribution in [0.25, 0.3) is 31.2 Å². The molecular weight excluding hydrogens is 270 g/mol. The summed E-state index contributed by atoms with van der Waals surface area (Å²) in [6, 6.07) is 14.8. The Labute approximate surface area is 117 Å². The van der Waals surface area contributed by atoms with Crippen molar-refractivity contribution in [2.45, 2.75) is 0 Å². The first-order valence-corrected chi connectivity index (χ1v) is 7.03. The SMILES string of the molecule is O=c1ccc2ccc3sc4ccccc4[nH]c3c2c1=O. The van der Waals surface area contributed by atoms with Crippen molar-refractivity contribution in [2.24, 2.45) is 0 Å². The van der Waals surface area contributed by atoms with Crippen molar-refractivity contribution < 1.29 is 0 Å². The van der Waals surface area contributed by atoms with Gasteiger partial charge in [-0.25, -0.2) is 0 Å². The van der Waals surface area contributed by atoms with Gasteiger partial charge in [-0.15, -0.1) is 11.3 Å². The highest BCUT2D eigenvalue weighted by Gasteiger charge is 2.08. The van der Waals surface area contributed by atoms with Crippen molar-refractivity contribution in [3.63, 3.8) is 0 Å². The summed E-state index contributed by atoms with van der Waals surface area (Å²) in [5, 5.41) is 1.28. The van der Waals surface area contributed by atoms with Crippen LogP contribution in [0.2, 0.25) is 0 Å².